The Hall–Kier alpha value is -1.35. The van der Waals surface area contributed by atoms with Crippen molar-refractivity contribution >= 4 is 22.5 Å². The van der Waals surface area contributed by atoms with E-state index in [1.165, 1.54) is 6.42 Å². The van der Waals surface area contributed by atoms with Gasteiger partial charge in [0.25, 0.3) is 0 Å². The van der Waals surface area contributed by atoms with Gasteiger partial charge in [0.05, 0.1) is 11.2 Å². The van der Waals surface area contributed by atoms with Gasteiger partial charge in [-0.3, -0.25) is 0 Å². The second-order valence-electron chi connectivity index (χ2n) is 4.21. The van der Waals surface area contributed by atoms with Crippen LogP contribution >= 0.6 is 11.6 Å². The number of halogens is 1. The van der Waals surface area contributed by atoms with E-state index < -0.39 is 0 Å². The number of aromatic nitrogens is 2. The first kappa shape index (κ1) is 9.85. The summed E-state index contributed by atoms with van der Waals surface area (Å²) in [6.07, 6.45) is 3.54. The highest BCUT2D eigenvalue weighted by atomic mass is 35.5. The summed E-state index contributed by atoms with van der Waals surface area (Å²) in [5, 5.41) is 10.7. The molecule has 3 rings (SSSR count). The lowest BCUT2D eigenvalue weighted by Crippen LogP contribution is -2.11. The van der Waals surface area contributed by atoms with E-state index in [4.69, 9.17) is 11.6 Å². The molecule has 1 heterocycles. The predicted octanol–water partition coefficient (Wildman–Crippen LogP) is 3.26. The van der Waals surface area contributed by atoms with Gasteiger partial charge in [-0.2, -0.15) is 0 Å². The fraction of sp³-hybridized carbons (Fsp3) is 0.333. The van der Waals surface area contributed by atoms with Crippen molar-refractivity contribution in [3.05, 3.63) is 29.2 Å². The maximum absolute atomic E-state index is 9.51. The summed E-state index contributed by atoms with van der Waals surface area (Å²) in [5.74, 6) is 0.726. The summed E-state index contributed by atoms with van der Waals surface area (Å²) < 4.78 is 0. The molecule has 1 N–H and O–H groups in total. The molecule has 0 saturated heterocycles. The molecule has 1 aromatic carbocycles. The van der Waals surface area contributed by atoms with Crippen LogP contribution in [0.25, 0.3) is 10.9 Å². The second kappa shape index (κ2) is 3.59. The molecule has 3 nitrogen and oxygen atoms in total. The van der Waals surface area contributed by atoms with Gasteiger partial charge in [-0.05, 0) is 42.6 Å². The van der Waals surface area contributed by atoms with Crippen LogP contribution in [0.15, 0.2) is 18.2 Å². The normalized spacial score (nSPS) is 16.3. The molecule has 1 aliphatic carbocycles. The van der Waals surface area contributed by atoms with E-state index in [1.54, 1.807) is 18.2 Å². The number of rotatable bonds is 1. The third-order valence-corrected chi connectivity index (χ3v) is 3.34. The van der Waals surface area contributed by atoms with Crippen molar-refractivity contribution in [3.63, 3.8) is 0 Å². The van der Waals surface area contributed by atoms with Crippen molar-refractivity contribution in [3.8, 4) is 5.75 Å². The smallest absolute Gasteiger partial charge is 0.223 e. The summed E-state index contributed by atoms with van der Waals surface area (Å²) >= 11 is 5.90. The number of hydrogen-bond acceptors (Lipinski definition) is 3. The first-order valence-electron chi connectivity index (χ1n) is 5.40. The third kappa shape index (κ3) is 1.52. The monoisotopic (exact) mass is 234 g/mol. The average molecular weight is 235 g/mol. The molecule has 4 heteroatoms. The summed E-state index contributed by atoms with van der Waals surface area (Å²) in [6.45, 7) is 0. The highest BCUT2D eigenvalue weighted by Crippen LogP contribution is 2.39. The molecule has 1 aromatic heterocycles. The minimum atomic E-state index is 0.249. The molecular weight excluding hydrogens is 224 g/mol. The summed E-state index contributed by atoms with van der Waals surface area (Å²) in [4.78, 5) is 8.47. The van der Waals surface area contributed by atoms with Crippen LogP contribution in [0, 0.1) is 0 Å². The Bertz CT molecular complexity index is 552. The number of nitrogens with zero attached hydrogens (tertiary/aromatic N) is 2. The fourth-order valence-corrected chi connectivity index (χ4v) is 2.29. The van der Waals surface area contributed by atoms with Crippen LogP contribution in [0.1, 0.15) is 30.9 Å². The molecule has 0 atom stereocenters. The molecule has 0 unspecified atom stereocenters. The Morgan fingerprint density at radius 1 is 1.25 bits per heavy atom. The largest absolute Gasteiger partial charge is 0.508 e. The Kier molecular flexibility index (Phi) is 2.21. The molecule has 1 aliphatic rings. The van der Waals surface area contributed by atoms with Crippen LogP contribution in [0.5, 0.6) is 5.75 Å². The van der Waals surface area contributed by atoms with Crippen molar-refractivity contribution in [1.29, 1.82) is 0 Å². The van der Waals surface area contributed by atoms with Crippen LogP contribution < -0.4 is 0 Å². The van der Waals surface area contributed by atoms with Crippen LogP contribution in [-0.4, -0.2) is 15.1 Å². The second-order valence-corrected chi connectivity index (χ2v) is 4.55. The van der Waals surface area contributed by atoms with E-state index in [-0.39, 0.29) is 5.75 Å². The lowest BCUT2D eigenvalue weighted by Gasteiger charge is -2.25. The first-order valence-corrected chi connectivity index (χ1v) is 5.78. The first-order chi connectivity index (χ1) is 7.74. The number of aromatic hydroxyl groups is 1. The van der Waals surface area contributed by atoms with Crippen molar-refractivity contribution in [2.75, 3.05) is 0 Å². The molecular formula is C12H11ClN2O. The molecule has 0 radical (unpaired) electrons. The maximum atomic E-state index is 9.51. The standard InChI is InChI=1S/C12H11ClN2O/c13-12-14-10-5-4-8(16)6-9(10)11(15-12)7-2-1-3-7/h4-7,16H,1-3H2. The van der Waals surface area contributed by atoms with Crippen LogP contribution in [0.2, 0.25) is 5.28 Å². The predicted molar refractivity (Wildman–Crippen MR) is 62.8 cm³/mol. The summed E-state index contributed by atoms with van der Waals surface area (Å²) in [5.41, 5.74) is 1.79. The number of benzene rings is 1. The van der Waals surface area contributed by atoms with Gasteiger partial charge < -0.3 is 5.11 Å². The highest BCUT2D eigenvalue weighted by Gasteiger charge is 2.23. The number of fused-ring (bicyclic) bond motifs is 1. The van der Waals surface area contributed by atoms with Crippen LogP contribution in [0.4, 0.5) is 0 Å². The lowest BCUT2D eigenvalue weighted by atomic mass is 9.81. The van der Waals surface area contributed by atoms with Crippen molar-refractivity contribution in [1.82, 2.24) is 9.97 Å². The van der Waals surface area contributed by atoms with E-state index >= 15 is 0 Å². The average Bonchev–Trinajstić information content (AvgIpc) is 2.16. The molecule has 2 aromatic rings. The van der Waals surface area contributed by atoms with Crippen molar-refractivity contribution in [2.24, 2.45) is 0 Å². The highest BCUT2D eigenvalue weighted by molar-refractivity contribution is 6.28. The number of hydrogen-bond donors (Lipinski definition) is 1. The van der Waals surface area contributed by atoms with Gasteiger partial charge in [0.1, 0.15) is 5.75 Å². The van der Waals surface area contributed by atoms with Crippen molar-refractivity contribution < 1.29 is 5.11 Å². The van der Waals surface area contributed by atoms with E-state index in [9.17, 15) is 5.11 Å². The Balaban J connectivity index is 2.26. The Morgan fingerprint density at radius 3 is 2.75 bits per heavy atom. The van der Waals surface area contributed by atoms with Crippen LogP contribution in [0.3, 0.4) is 0 Å². The zero-order valence-corrected chi connectivity index (χ0v) is 9.41. The molecule has 1 fully saturated rings. The number of phenols is 1. The molecule has 0 bridgehead atoms. The SMILES string of the molecule is Oc1ccc2nc(Cl)nc(C3CCC3)c2c1. The van der Waals surface area contributed by atoms with Crippen LogP contribution in [-0.2, 0) is 0 Å². The van der Waals surface area contributed by atoms with Gasteiger partial charge in [0, 0.05) is 11.3 Å². The van der Waals surface area contributed by atoms with Gasteiger partial charge in [-0.25, -0.2) is 9.97 Å². The number of phenolic OH excluding ortho intramolecular Hbond substituents is 1. The maximum Gasteiger partial charge on any atom is 0.223 e. The molecule has 0 aliphatic heterocycles. The van der Waals surface area contributed by atoms with E-state index in [2.05, 4.69) is 9.97 Å². The minimum absolute atomic E-state index is 0.249. The molecule has 82 valence electrons. The summed E-state index contributed by atoms with van der Waals surface area (Å²) in [6, 6.07) is 5.12. The topological polar surface area (TPSA) is 46.0 Å². The quantitative estimate of drug-likeness (QED) is 0.771. The Labute approximate surface area is 98.1 Å². The van der Waals surface area contributed by atoms with E-state index in [0.717, 1.165) is 29.4 Å². The van der Waals surface area contributed by atoms with Gasteiger partial charge in [0.15, 0.2) is 0 Å². The molecule has 16 heavy (non-hydrogen) atoms. The summed E-state index contributed by atoms with van der Waals surface area (Å²) in [7, 11) is 0. The third-order valence-electron chi connectivity index (χ3n) is 3.17. The van der Waals surface area contributed by atoms with Crippen molar-refractivity contribution in [2.45, 2.75) is 25.2 Å². The fourth-order valence-electron chi connectivity index (χ4n) is 2.10. The van der Waals surface area contributed by atoms with Gasteiger partial charge in [0.2, 0.25) is 5.28 Å². The van der Waals surface area contributed by atoms with Gasteiger partial charge in [-0.15, -0.1) is 0 Å². The van der Waals surface area contributed by atoms with E-state index in [1.807, 2.05) is 0 Å². The van der Waals surface area contributed by atoms with E-state index in [0.29, 0.717) is 11.2 Å². The zero-order valence-electron chi connectivity index (χ0n) is 8.65. The Morgan fingerprint density at radius 2 is 2.06 bits per heavy atom. The molecule has 0 amide bonds. The zero-order chi connectivity index (χ0) is 11.1. The molecule has 1 saturated carbocycles. The van der Waals surface area contributed by atoms with Gasteiger partial charge >= 0.3 is 0 Å². The molecule has 0 spiro atoms. The lowest BCUT2D eigenvalue weighted by molar-refractivity contribution is 0.413. The minimum Gasteiger partial charge on any atom is -0.508 e. The van der Waals surface area contributed by atoms with Gasteiger partial charge in [-0.1, -0.05) is 6.42 Å².